The highest BCUT2D eigenvalue weighted by Gasteiger charge is 2.08. The summed E-state index contributed by atoms with van der Waals surface area (Å²) in [6, 6.07) is -0.384. The van der Waals surface area contributed by atoms with Crippen LogP contribution in [0.4, 0.5) is 0 Å². The Morgan fingerprint density at radius 1 is 1.00 bits per heavy atom. The molecule has 6 nitrogen and oxygen atoms in total. The molecule has 0 aliphatic heterocycles. The van der Waals surface area contributed by atoms with Crippen LogP contribution in [0.1, 0.15) is 52.9 Å². The molecule has 0 radical (unpaired) electrons. The van der Waals surface area contributed by atoms with Gasteiger partial charge in [0.2, 0.25) is 11.8 Å². The number of carbonyl (C=O) groups excluding carboxylic acids is 3. The Balaban J connectivity index is 3.47. The first kappa shape index (κ1) is 19.6. The van der Waals surface area contributed by atoms with Gasteiger partial charge >= 0.3 is 0 Å². The Kier molecular flexibility index (Phi) is 10.5. The van der Waals surface area contributed by atoms with E-state index in [4.69, 9.17) is 5.73 Å². The average molecular weight is 299 g/mol. The van der Waals surface area contributed by atoms with E-state index in [9.17, 15) is 14.4 Å². The number of Topliss-reactive ketones (excluding diaryl/α,β-unsaturated/α-hetero) is 1. The highest BCUT2D eigenvalue weighted by atomic mass is 16.2. The van der Waals surface area contributed by atoms with Crippen molar-refractivity contribution < 1.29 is 14.4 Å². The largest absolute Gasteiger partial charge is 0.356 e. The molecule has 0 aromatic rings. The summed E-state index contributed by atoms with van der Waals surface area (Å²) in [7, 11) is 0. The van der Waals surface area contributed by atoms with Gasteiger partial charge in [-0.05, 0) is 32.6 Å². The Labute approximate surface area is 127 Å². The summed E-state index contributed by atoms with van der Waals surface area (Å²) in [5.41, 5.74) is 5.61. The second kappa shape index (κ2) is 11.3. The number of nitrogens with two attached hydrogens (primary N) is 1. The first-order chi connectivity index (χ1) is 9.84. The van der Waals surface area contributed by atoms with Crippen LogP contribution in [0.3, 0.4) is 0 Å². The van der Waals surface area contributed by atoms with Crippen LogP contribution >= 0.6 is 0 Å². The molecular formula is C15H29N3O3. The van der Waals surface area contributed by atoms with Crippen LogP contribution in [0.2, 0.25) is 0 Å². The highest BCUT2D eigenvalue weighted by Crippen LogP contribution is 1.99. The predicted octanol–water partition coefficient (Wildman–Crippen LogP) is 0.742. The lowest BCUT2D eigenvalue weighted by Gasteiger charge is -2.09. The van der Waals surface area contributed by atoms with Gasteiger partial charge in [-0.15, -0.1) is 0 Å². The molecule has 0 saturated heterocycles. The third-order valence-electron chi connectivity index (χ3n) is 3.19. The summed E-state index contributed by atoms with van der Waals surface area (Å²) < 4.78 is 0. The molecule has 0 heterocycles. The van der Waals surface area contributed by atoms with E-state index in [-0.39, 0.29) is 29.6 Å². The van der Waals surface area contributed by atoms with E-state index >= 15 is 0 Å². The van der Waals surface area contributed by atoms with Gasteiger partial charge in [-0.3, -0.25) is 14.4 Å². The lowest BCUT2D eigenvalue weighted by Crippen LogP contribution is -2.30. The van der Waals surface area contributed by atoms with E-state index in [1.54, 1.807) is 0 Å². The fraction of sp³-hybridized carbons (Fsp3) is 0.800. The van der Waals surface area contributed by atoms with Gasteiger partial charge in [0.05, 0.1) is 6.04 Å². The zero-order valence-corrected chi connectivity index (χ0v) is 13.4. The molecule has 0 aromatic heterocycles. The zero-order chi connectivity index (χ0) is 16.3. The normalized spacial score (nSPS) is 12.0. The number of nitrogens with one attached hydrogen (secondary N) is 2. The van der Waals surface area contributed by atoms with Crippen molar-refractivity contribution in [3.8, 4) is 0 Å². The molecule has 2 amide bonds. The van der Waals surface area contributed by atoms with Gasteiger partial charge in [-0.25, -0.2) is 0 Å². The molecule has 0 aromatic carbocycles. The molecule has 1 unspecified atom stereocenters. The molecule has 0 rings (SSSR count). The van der Waals surface area contributed by atoms with E-state index in [0.717, 1.165) is 12.8 Å². The minimum Gasteiger partial charge on any atom is -0.356 e. The zero-order valence-electron chi connectivity index (χ0n) is 13.4. The van der Waals surface area contributed by atoms with E-state index in [2.05, 4.69) is 10.6 Å². The first-order valence-corrected chi connectivity index (χ1v) is 7.65. The van der Waals surface area contributed by atoms with Crippen LogP contribution in [-0.4, -0.2) is 36.7 Å². The minimum absolute atomic E-state index is 0.00230. The second-order valence-corrected chi connectivity index (χ2v) is 5.61. The lowest BCUT2D eigenvalue weighted by molar-refractivity contribution is -0.124. The third-order valence-corrected chi connectivity index (χ3v) is 3.19. The smallest absolute Gasteiger partial charge is 0.222 e. The van der Waals surface area contributed by atoms with Crippen molar-refractivity contribution in [2.45, 2.75) is 58.9 Å². The molecule has 1 atom stereocenters. The van der Waals surface area contributed by atoms with Gasteiger partial charge in [0.25, 0.3) is 0 Å². The van der Waals surface area contributed by atoms with E-state index in [0.29, 0.717) is 32.4 Å². The molecular weight excluding hydrogens is 270 g/mol. The maximum absolute atomic E-state index is 11.5. The molecule has 0 aliphatic rings. The monoisotopic (exact) mass is 299 g/mol. The molecule has 21 heavy (non-hydrogen) atoms. The fourth-order valence-electron chi connectivity index (χ4n) is 1.67. The van der Waals surface area contributed by atoms with Crippen molar-refractivity contribution in [3.63, 3.8) is 0 Å². The first-order valence-electron chi connectivity index (χ1n) is 7.65. The topological polar surface area (TPSA) is 101 Å². The summed E-state index contributed by atoms with van der Waals surface area (Å²) >= 11 is 0. The summed E-state index contributed by atoms with van der Waals surface area (Å²) in [4.78, 5) is 33.7. The fourth-order valence-corrected chi connectivity index (χ4v) is 1.67. The Hall–Kier alpha value is -1.43. The van der Waals surface area contributed by atoms with Crippen LogP contribution in [0.15, 0.2) is 0 Å². The molecule has 122 valence electrons. The number of unbranched alkanes of at least 4 members (excludes halogenated alkanes) is 1. The van der Waals surface area contributed by atoms with Crippen LogP contribution in [-0.2, 0) is 14.4 Å². The summed E-state index contributed by atoms with van der Waals surface area (Å²) in [5, 5.41) is 5.59. The van der Waals surface area contributed by atoms with Gasteiger partial charge in [-0.1, -0.05) is 13.8 Å². The van der Waals surface area contributed by atoms with Crippen LogP contribution < -0.4 is 16.4 Å². The lowest BCUT2D eigenvalue weighted by atomic mass is 10.1. The maximum Gasteiger partial charge on any atom is 0.222 e. The Morgan fingerprint density at radius 3 is 2.19 bits per heavy atom. The maximum atomic E-state index is 11.5. The van der Waals surface area contributed by atoms with Gasteiger partial charge < -0.3 is 16.4 Å². The average Bonchev–Trinajstić information content (AvgIpc) is 2.42. The van der Waals surface area contributed by atoms with Crippen molar-refractivity contribution >= 4 is 17.6 Å². The van der Waals surface area contributed by atoms with Crippen molar-refractivity contribution in [2.75, 3.05) is 13.1 Å². The number of carbonyl (C=O) groups is 3. The van der Waals surface area contributed by atoms with E-state index in [1.165, 1.54) is 6.92 Å². The number of hydrogen-bond acceptors (Lipinski definition) is 4. The highest BCUT2D eigenvalue weighted by molar-refractivity contribution is 5.81. The van der Waals surface area contributed by atoms with Crippen LogP contribution in [0.5, 0.6) is 0 Å². The van der Waals surface area contributed by atoms with Gasteiger partial charge in [0.1, 0.15) is 5.78 Å². The summed E-state index contributed by atoms with van der Waals surface area (Å²) in [6.07, 6.45) is 3.35. The molecule has 0 saturated carbocycles. The summed E-state index contributed by atoms with van der Waals surface area (Å²) in [6.45, 7) is 6.28. The van der Waals surface area contributed by atoms with Crippen LogP contribution in [0, 0.1) is 5.92 Å². The molecule has 0 spiro atoms. The van der Waals surface area contributed by atoms with E-state index in [1.807, 2.05) is 13.8 Å². The number of hydrogen-bond donors (Lipinski definition) is 3. The standard InChI is InChI=1S/C15H29N3O3/c1-11(2)15(21)18-10-6-8-14(20)17-9-5-4-7-13(16)12(3)19/h11,13H,4-10,16H2,1-3H3,(H,17,20)(H,18,21). The molecule has 0 fully saturated rings. The molecule has 6 heteroatoms. The van der Waals surface area contributed by atoms with Crippen molar-refractivity contribution in [3.05, 3.63) is 0 Å². The van der Waals surface area contributed by atoms with Crippen LogP contribution in [0.25, 0.3) is 0 Å². The van der Waals surface area contributed by atoms with Crippen molar-refractivity contribution in [1.82, 2.24) is 10.6 Å². The van der Waals surface area contributed by atoms with Gasteiger partial charge in [0, 0.05) is 25.4 Å². The van der Waals surface area contributed by atoms with Crippen molar-refractivity contribution in [1.29, 1.82) is 0 Å². The summed E-state index contributed by atoms with van der Waals surface area (Å²) in [5.74, 6) is -0.0236. The Bertz CT molecular complexity index is 343. The molecule has 0 aliphatic carbocycles. The minimum atomic E-state index is -0.384. The van der Waals surface area contributed by atoms with E-state index < -0.39 is 0 Å². The second-order valence-electron chi connectivity index (χ2n) is 5.61. The number of ketones is 1. The van der Waals surface area contributed by atoms with Crippen molar-refractivity contribution in [2.24, 2.45) is 11.7 Å². The van der Waals surface area contributed by atoms with Gasteiger partial charge in [0.15, 0.2) is 0 Å². The third kappa shape index (κ3) is 11.0. The number of amides is 2. The van der Waals surface area contributed by atoms with Gasteiger partial charge in [-0.2, -0.15) is 0 Å². The molecule has 4 N–H and O–H groups in total. The molecule has 0 bridgehead atoms. The quantitative estimate of drug-likeness (QED) is 0.490. The SMILES string of the molecule is CC(=O)C(N)CCCCNC(=O)CCCNC(=O)C(C)C. The Morgan fingerprint density at radius 2 is 1.62 bits per heavy atom. The number of rotatable bonds is 11. The predicted molar refractivity (Wildman–Crippen MR) is 82.6 cm³/mol.